The molecule has 1 unspecified atom stereocenters. The number of nitrogens with zero attached hydrogens (tertiary/aromatic N) is 2. The van der Waals surface area contributed by atoms with E-state index in [1.165, 1.54) is 11.0 Å². The van der Waals surface area contributed by atoms with Crippen LogP contribution in [0.4, 0.5) is 10.1 Å². The zero-order chi connectivity index (χ0) is 30.4. The van der Waals surface area contributed by atoms with E-state index < -0.39 is 34.3 Å². The van der Waals surface area contributed by atoms with Crippen LogP contribution in [0.25, 0.3) is 10.8 Å². The molecule has 4 aromatic carbocycles. The second kappa shape index (κ2) is 13.4. The average molecular weight is 602 g/mol. The Hall–Kier alpha value is -4.24. The van der Waals surface area contributed by atoms with Crippen LogP contribution >= 0.6 is 0 Å². The van der Waals surface area contributed by atoms with Crippen molar-refractivity contribution >= 4 is 38.3 Å². The van der Waals surface area contributed by atoms with Crippen LogP contribution in [0.3, 0.4) is 0 Å². The third-order valence-electron chi connectivity index (χ3n) is 7.99. The molecule has 224 valence electrons. The zero-order valence-electron chi connectivity index (χ0n) is 24.2. The van der Waals surface area contributed by atoms with Crippen LogP contribution in [-0.2, 0) is 32.6 Å². The Balaban J connectivity index is 1.55. The molecule has 0 aromatic heterocycles. The fraction of sp³-hybridized carbons (Fsp3) is 0.294. The maximum atomic E-state index is 15.0. The summed E-state index contributed by atoms with van der Waals surface area (Å²) in [6, 6.07) is 27.1. The second-order valence-electron chi connectivity index (χ2n) is 11.1. The quantitative estimate of drug-likeness (QED) is 0.248. The molecule has 0 aliphatic heterocycles. The monoisotopic (exact) mass is 601 g/mol. The number of anilines is 1. The van der Waals surface area contributed by atoms with Crippen LogP contribution in [0.1, 0.15) is 36.8 Å². The van der Waals surface area contributed by atoms with Crippen LogP contribution in [-0.4, -0.2) is 50.0 Å². The van der Waals surface area contributed by atoms with Crippen molar-refractivity contribution in [2.75, 3.05) is 17.1 Å². The summed E-state index contributed by atoms with van der Waals surface area (Å²) in [5.74, 6) is -1.45. The van der Waals surface area contributed by atoms with Crippen LogP contribution in [0, 0.1) is 5.82 Å². The van der Waals surface area contributed by atoms with Gasteiger partial charge in [-0.15, -0.1) is 0 Å². The Morgan fingerprint density at radius 2 is 1.53 bits per heavy atom. The van der Waals surface area contributed by atoms with Gasteiger partial charge in [0.05, 0.1) is 11.9 Å². The summed E-state index contributed by atoms with van der Waals surface area (Å²) in [5.41, 5.74) is 1.42. The van der Waals surface area contributed by atoms with E-state index in [0.717, 1.165) is 47.2 Å². The van der Waals surface area contributed by atoms with Crippen LogP contribution < -0.4 is 9.62 Å². The number of fused-ring (bicyclic) bond motifs is 1. The van der Waals surface area contributed by atoms with Gasteiger partial charge in [-0.3, -0.25) is 13.9 Å². The second-order valence-corrected chi connectivity index (χ2v) is 13.0. The van der Waals surface area contributed by atoms with Gasteiger partial charge in [0.2, 0.25) is 21.8 Å². The molecular formula is C34H36FN3O4S. The molecule has 4 aromatic rings. The molecule has 43 heavy (non-hydrogen) atoms. The van der Waals surface area contributed by atoms with Gasteiger partial charge >= 0.3 is 0 Å². The SMILES string of the molecule is CS(=O)(=O)N(CC(=O)N(Cc1ccccc1F)C(Cc1ccccc1)C(=O)NC1CCCC1)c1cccc2ccccc12. The maximum Gasteiger partial charge on any atom is 0.244 e. The van der Waals surface area contributed by atoms with Crippen molar-refractivity contribution in [2.24, 2.45) is 0 Å². The highest BCUT2D eigenvalue weighted by atomic mass is 32.2. The van der Waals surface area contributed by atoms with Crippen molar-refractivity contribution in [3.8, 4) is 0 Å². The summed E-state index contributed by atoms with van der Waals surface area (Å²) in [4.78, 5) is 29.6. The first-order valence-electron chi connectivity index (χ1n) is 14.5. The molecule has 1 atom stereocenters. The van der Waals surface area contributed by atoms with Gasteiger partial charge in [0.15, 0.2) is 0 Å². The lowest BCUT2D eigenvalue weighted by Crippen LogP contribution is -2.54. The number of hydrogen-bond acceptors (Lipinski definition) is 4. The lowest BCUT2D eigenvalue weighted by molar-refractivity contribution is -0.140. The Morgan fingerprint density at radius 1 is 0.884 bits per heavy atom. The van der Waals surface area contributed by atoms with E-state index in [9.17, 15) is 22.4 Å². The highest BCUT2D eigenvalue weighted by Crippen LogP contribution is 2.29. The van der Waals surface area contributed by atoms with E-state index in [1.807, 2.05) is 54.6 Å². The normalized spacial score (nSPS) is 14.4. The minimum atomic E-state index is -3.93. The number of carbonyl (C=O) groups is 2. The lowest BCUT2D eigenvalue weighted by Gasteiger charge is -2.34. The molecule has 0 bridgehead atoms. The van der Waals surface area contributed by atoms with E-state index in [4.69, 9.17) is 0 Å². The molecule has 0 radical (unpaired) electrons. The molecule has 0 spiro atoms. The van der Waals surface area contributed by atoms with Crippen LogP contribution in [0.5, 0.6) is 0 Å². The van der Waals surface area contributed by atoms with Gasteiger partial charge in [0, 0.05) is 30.0 Å². The van der Waals surface area contributed by atoms with Crippen LogP contribution in [0.15, 0.2) is 97.1 Å². The van der Waals surface area contributed by atoms with E-state index in [2.05, 4.69) is 5.32 Å². The summed E-state index contributed by atoms with van der Waals surface area (Å²) >= 11 is 0. The van der Waals surface area contributed by atoms with Crippen molar-refractivity contribution in [1.29, 1.82) is 0 Å². The number of carbonyl (C=O) groups excluding carboxylic acids is 2. The molecule has 1 aliphatic carbocycles. The minimum absolute atomic E-state index is 0.000567. The van der Waals surface area contributed by atoms with Crippen molar-refractivity contribution in [3.05, 3.63) is 114 Å². The first kappa shape index (κ1) is 30.2. The number of halogens is 1. The van der Waals surface area contributed by atoms with Gasteiger partial charge in [-0.05, 0) is 35.9 Å². The molecule has 1 fully saturated rings. The van der Waals surface area contributed by atoms with Gasteiger partial charge in [-0.1, -0.05) is 97.8 Å². The average Bonchev–Trinajstić information content (AvgIpc) is 3.51. The largest absolute Gasteiger partial charge is 0.352 e. The molecule has 5 rings (SSSR count). The minimum Gasteiger partial charge on any atom is -0.352 e. The van der Waals surface area contributed by atoms with E-state index in [0.29, 0.717) is 11.1 Å². The van der Waals surface area contributed by atoms with Crippen molar-refractivity contribution in [3.63, 3.8) is 0 Å². The number of nitrogens with one attached hydrogen (secondary N) is 1. The fourth-order valence-corrected chi connectivity index (χ4v) is 6.61. The number of hydrogen-bond donors (Lipinski definition) is 1. The number of rotatable bonds is 11. The number of sulfonamides is 1. The summed E-state index contributed by atoms with van der Waals surface area (Å²) in [5, 5.41) is 4.61. The Morgan fingerprint density at radius 3 is 2.26 bits per heavy atom. The number of amides is 2. The van der Waals surface area contributed by atoms with Gasteiger partial charge in [0.1, 0.15) is 18.4 Å². The maximum absolute atomic E-state index is 15.0. The molecule has 2 amide bonds. The van der Waals surface area contributed by atoms with E-state index >= 15 is 0 Å². The Bertz CT molecular complexity index is 1690. The number of benzene rings is 4. The van der Waals surface area contributed by atoms with Gasteiger partial charge < -0.3 is 10.2 Å². The van der Waals surface area contributed by atoms with Crippen molar-refractivity contribution < 1.29 is 22.4 Å². The summed E-state index contributed by atoms with van der Waals surface area (Å²) in [6.45, 7) is -0.752. The summed E-state index contributed by atoms with van der Waals surface area (Å²) < 4.78 is 42.4. The van der Waals surface area contributed by atoms with Gasteiger partial charge in [0.25, 0.3) is 0 Å². The smallest absolute Gasteiger partial charge is 0.244 e. The Kier molecular flexibility index (Phi) is 9.40. The van der Waals surface area contributed by atoms with Crippen LogP contribution in [0.2, 0.25) is 0 Å². The summed E-state index contributed by atoms with van der Waals surface area (Å²) in [6.07, 6.45) is 4.98. The van der Waals surface area contributed by atoms with Gasteiger partial charge in [-0.25, -0.2) is 12.8 Å². The third-order valence-corrected chi connectivity index (χ3v) is 9.11. The Labute approximate surface area is 252 Å². The lowest BCUT2D eigenvalue weighted by atomic mass is 10.0. The summed E-state index contributed by atoms with van der Waals surface area (Å²) in [7, 11) is -3.93. The highest BCUT2D eigenvalue weighted by molar-refractivity contribution is 7.92. The topological polar surface area (TPSA) is 86.8 Å². The molecule has 0 heterocycles. The van der Waals surface area contributed by atoms with Crippen molar-refractivity contribution in [2.45, 2.75) is 50.7 Å². The molecule has 1 saturated carbocycles. The highest BCUT2D eigenvalue weighted by Gasteiger charge is 2.35. The first-order chi connectivity index (χ1) is 20.7. The van der Waals surface area contributed by atoms with Crippen molar-refractivity contribution in [1.82, 2.24) is 10.2 Å². The molecule has 9 heteroatoms. The first-order valence-corrected chi connectivity index (χ1v) is 16.4. The molecular weight excluding hydrogens is 565 g/mol. The molecule has 1 aliphatic rings. The standard InChI is InChI=1S/C34H36FN3O4S/c1-43(41,42)38(31-21-11-16-26-14-5-9-19-29(26)31)24-33(39)37(23-27-15-6-10-20-30(27)35)32(22-25-12-3-2-4-13-25)34(40)36-28-17-7-8-18-28/h2-6,9-16,19-21,28,32H,7-8,17-18,22-24H2,1H3,(H,36,40). The molecule has 7 nitrogen and oxygen atoms in total. The molecule has 0 saturated heterocycles. The molecule has 1 N–H and O–H groups in total. The van der Waals surface area contributed by atoms with Gasteiger partial charge in [-0.2, -0.15) is 0 Å². The fourth-order valence-electron chi connectivity index (χ4n) is 5.75. The predicted molar refractivity (Wildman–Crippen MR) is 167 cm³/mol. The van der Waals surface area contributed by atoms with E-state index in [1.54, 1.807) is 36.4 Å². The third kappa shape index (κ3) is 7.40. The zero-order valence-corrected chi connectivity index (χ0v) is 25.0. The van der Waals surface area contributed by atoms with E-state index in [-0.39, 0.29) is 30.5 Å². The predicted octanol–water partition coefficient (Wildman–Crippen LogP) is 5.44.